The Morgan fingerprint density at radius 2 is 2.27 bits per heavy atom. The highest BCUT2D eigenvalue weighted by Crippen LogP contribution is 2.41. The number of aliphatic hydroxyl groups is 1. The molecule has 2 aromatic rings. The van der Waals surface area contributed by atoms with Gasteiger partial charge in [-0.3, -0.25) is 9.69 Å². The number of carboxylic acids is 1. The van der Waals surface area contributed by atoms with Crippen LogP contribution in [0.2, 0.25) is 0 Å². The molecule has 0 unspecified atom stereocenters. The number of aryl methyl sites for hydroxylation is 1. The number of aliphatic hydroxyl groups excluding tert-OH is 1. The van der Waals surface area contributed by atoms with E-state index in [1.165, 1.54) is 21.2 Å². The number of carbonyl (C=O) groups excluding carboxylic acids is 1. The van der Waals surface area contributed by atoms with E-state index < -0.39 is 5.97 Å². The fourth-order valence-corrected chi connectivity index (χ4v) is 5.37. The minimum Gasteiger partial charge on any atom is -0.477 e. The molecule has 0 radical (unpaired) electrons. The maximum atomic E-state index is 11.8. The van der Waals surface area contributed by atoms with E-state index in [1.807, 2.05) is 13.0 Å². The van der Waals surface area contributed by atoms with Gasteiger partial charge in [-0.2, -0.15) is 9.50 Å². The number of rotatable bonds is 5. The minimum absolute atomic E-state index is 0.0559. The third-order valence-corrected chi connectivity index (χ3v) is 6.48. The van der Waals surface area contributed by atoms with E-state index in [2.05, 4.69) is 15.1 Å². The van der Waals surface area contributed by atoms with Gasteiger partial charge < -0.3 is 10.2 Å². The molecule has 1 saturated heterocycles. The lowest BCUT2D eigenvalue weighted by atomic mass is 10.1. The van der Waals surface area contributed by atoms with Crippen molar-refractivity contribution >= 4 is 41.2 Å². The van der Waals surface area contributed by atoms with Crippen LogP contribution in [0.15, 0.2) is 22.4 Å². The molecule has 136 valence electrons. The van der Waals surface area contributed by atoms with Crippen LogP contribution in [0, 0.1) is 6.92 Å². The zero-order chi connectivity index (χ0) is 18.4. The summed E-state index contributed by atoms with van der Waals surface area (Å²) in [5.41, 5.74) is 1.57. The maximum Gasteiger partial charge on any atom is 0.352 e. The zero-order valence-corrected chi connectivity index (χ0v) is 15.4. The van der Waals surface area contributed by atoms with Gasteiger partial charge in [0.1, 0.15) is 17.3 Å². The van der Waals surface area contributed by atoms with Gasteiger partial charge in [0.15, 0.2) is 5.82 Å². The lowest BCUT2D eigenvalue weighted by Crippen LogP contribution is -2.54. The number of carbonyl (C=O) groups is 2. The molecule has 2 N–H and O–H groups in total. The number of fused-ring (bicyclic) bond motifs is 2. The molecule has 1 amide bonds. The molecule has 1 atom stereocenters. The predicted molar refractivity (Wildman–Crippen MR) is 94.5 cm³/mol. The average Bonchev–Trinajstić information content (AvgIpc) is 3.01. The van der Waals surface area contributed by atoms with Gasteiger partial charge in [-0.25, -0.2) is 9.78 Å². The van der Waals surface area contributed by atoms with Crippen molar-refractivity contribution in [2.24, 2.45) is 0 Å². The number of hydrogen-bond acceptors (Lipinski definition) is 8. The fourth-order valence-electron chi connectivity index (χ4n) is 2.92. The van der Waals surface area contributed by atoms with Crippen LogP contribution in [-0.2, 0) is 16.2 Å². The van der Waals surface area contributed by atoms with E-state index >= 15 is 0 Å². The first-order valence-corrected chi connectivity index (χ1v) is 9.87. The summed E-state index contributed by atoms with van der Waals surface area (Å²) in [5, 5.41) is 23.7. The van der Waals surface area contributed by atoms with Gasteiger partial charge in [0.2, 0.25) is 5.91 Å². The van der Waals surface area contributed by atoms with Gasteiger partial charge in [-0.1, -0.05) is 0 Å². The van der Waals surface area contributed by atoms with Crippen molar-refractivity contribution in [1.82, 2.24) is 24.5 Å². The van der Waals surface area contributed by atoms with Crippen molar-refractivity contribution in [3.63, 3.8) is 0 Å². The van der Waals surface area contributed by atoms with E-state index in [0.717, 1.165) is 10.7 Å². The second-order valence-corrected chi connectivity index (χ2v) is 8.08. The molecule has 0 aliphatic carbocycles. The van der Waals surface area contributed by atoms with Crippen molar-refractivity contribution in [1.29, 1.82) is 0 Å². The van der Waals surface area contributed by atoms with E-state index in [4.69, 9.17) is 0 Å². The summed E-state index contributed by atoms with van der Waals surface area (Å²) in [5.74, 6) is 0.442. The Kier molecular flexibility index (Phi) is 4.37. The van der Waals surface area contributed by atoms with Crippen LogP contribution in [0.3, 0.4) is 0 Å². The highest BCUT2D eigenvalue weighted by atomic mass is 32.2. The number of nitrogens with zero attached hydrogens (tertiary/aromatic N) is 5. The minimum atomic E-state index is -1.07. The number of β-lactam (4-membered cyclic amide) rings is 1. The summed E-state index contributed by atoms with van der Waals surface area (Å²) in [4.78, 5) is 33.3. The summed E-state index contributed by atoms with van der Waals surface area (Å²) in [6, 6.07) is 1.84. The quantitative estimate of drug-likeness (QED) is 0.429. The Labute approximate surface area is 156 Å². The van der Waals surface area contributed by atoms with Crippen molar-refractivity contribution in [3.05, 3.63) is 28.9 Å². The molecule has 0 aromatic carbocycles. The van der Waals surface area contributed by atoms with Gasteiger partial charge in [0, 0.05) is 17.2 Å². The van der Waals surface area contributed by atoms with Crippen LogP contribution < -0.4 is 0 Å². The highest BCUT2D eigenvalue weighted by molar-refractivity contribution is 8.01. The van der Waals surface area contributed by atoms with Crippen molar-refractivity contribution in [2.45, 2.75) is 30.4 Å². The third kappa shape index (κ3) is 2.85. The number of thioether (sulfide) groups is 2. The van der Waals surface area contributed by atoms with E-state index in [1.54, 1.807) is 11.8 Å². The predicted octanol–water partition coefficient (Wildman–Crippen LogP) is 0.661. The lowest BCUT2D eigenvalue weighted by Gasteiger charge is -2.44. The normalized spacial score (nSPS) is 19.7. The Morgan fingerprint density at radius 1 is 1.46 bits per heavy atom. The molecule has 0 spiro atoms. The van der Waals surface area contributed by atoms with Crippen LogP contribution in [0.4, 0.5) is 0 Å². The van der Waals surface area contributed by atoms with E-state index in [9.17, 15) is 19.8 Å². The molecule has 2 aliphatic heterocycles. The Hall–Kier alpha value is -2.11. The molecular formula is C15H15N5O4S2. The standard InChI is InChI=1S/C15H15N5O4S2/c1-7-2-12(20-15(16-7)17-9(4-21)18-20)26-6-8-5-25-11-3-10(22)19(11)13(8)14(23)24/h2,11,21H,3-6H2,1H3,(H,23,24)/t11-/m0/s1. The molecule has 1 fully saturated rings. The lowest BCUT2D eigenvalue weighted by molar-refractivity contribution is -0.146. The molecule has 2 aliphatic rings. The molecule has 26 heavy (non-hydrogen) atoms. The summed E-state index contributed by atoms with van der Waals surface area (Å²) >= 11 is 3.00. The van der Waals surface area contributed by atoms with Crippen LogP contribution in [0.5, 0.6) is 0 Å². The molecule has 4 heterocycles. The van der Waals surface area contributed by atoms with Crippen LogP contribution in [-0.4, -0.2) is 63.5 Å². The summed E-state index contributed by atoms with van der Waals surface area (Å²) in [7, 11) is 0. The number of aromatic nitrogens is 4. The van der Waals surface area contributed by atoms with E-state index in [-0.39, 0.29) is 29.4 Å². The number of amides is 1. The number of hydrogen-bond donors (Lipinski definition) is 2. The molecule has 0 bridgehead atoms. The molecule has 4 rings (SSSR count). The fraction of sp³-hybridized carbons (Fsp3) is 0.400. The first-order chi connectivity index (χ1) is 12.5. The molecule has 0 saturated carbocycles. The molecule has 11 heteroatoms. The van der Waals surface area contributed by atoms with Gasteiger partial charge in [0.05, 0.1) is 11.8 Å². The number of carboxylic acid groups (broad SMARTS) is 1. The van der Waals surface area contributed by atoms with E-state index in [0.29, 0.717) is 29.3 Å². The van der Waals surface area contributed by atoms with Gasteiger partial charge >= 0.3 is 5.97 Å². The first-order valence-electron chi connectivity index (χ1n) is 7.84. The molecule has 9 nitrogen and oxygen atoms in total. The Bertz CT molecular complexity index is 957. The Morgan fingerprint density at radius 3 is 2.96 bits per heavy atom. The summed E-state index contributed by atoms with van der Waals surface area (Å²) in [6.45, 7) is 1.55. The van der Waals surface area contributed by atoms with Gasteiger partial charge in [-0.05, 0) is 18.6 Å². The number of aliphatic carboxylic acids is 1. The second-order valence-electron chi connectivity index (χ2n) is 5.91. The largest absolute Gasteiger partial charge is 0.477 e. The highest BCUT2D eigenvalue weighted by Gasteiger charge is 2.45. The topological polar surface area (TPSA) is 121 Å². The Balaban J connectivity index is 1.65. The van der Waals surface area contributed by atoms with Crippen LogP contribution in [0.25, 0.3) is 5.78 Å². The smallest absolute Gasteiger partial charge is 0.352 e. The van der Waals surface area contributed by atoms with Crippen molar-refractivity contribution in [3.8, 4) is 0 Å². The van der Waals surface area contributed by atoms with Crippen LogP contribution in [0.1, 0.15) is 17.9 Å². The zero-order valence-electron chi connectivity index (χ0n) is 13.7. The SMILES string of the molecule is Cc1cc(SCC2=C(C(=O)O)N3C(=O)C[C@@H]3SC2)n2nc(CO)nc2n1. The third-order valence-electron chi connectivity index (χ3n) is 4.12. The van der Waals surface area contributed by atoms with Crippen molar-refractivity contribution < 1.29 is 19.8 Å². The molecule has 2 aromatic heterocycles. The summed E-state index contributed by atoms with van der Waals surface area (Å²) in [6.07, 6.45) is 0.398. The van der Waals surface area contributed by atoms with Gasteiger partial charge in [0.25, 0.3) is 5.78 Å². The van der Waals surface area contributed by atoms with Gasteiger partial charge in [-0.15, -0.1) is 28.6 Å². The van der Waals surface area contributed by atoms with Crippen molar-refractivity contribution in [2.75, 3.05) is 11.5 Å². The van der Waals surface area contributed by atoms with Crippen LogP contribution >= 0.6 is 23.5 Å². The second kappa shape index (κ2) is 6.56. The first kappa shape index (κ1) is 17.3. The molecular weight excluding hydrogens is 378 g/mol. The summed E-state index contributed by atoms with van der Waals surface area (Å²) < 4.78 is 1.54. The maximum absolute atomic E-state index is 11.8. The monoisotopic (exact) mass is 393 g/mol. The average molecular weight is 393 g/mol.